The molecule has 2 heteroatoms. The highest BCUT2D eigenvalue weighted by Crippen LogP contribution is 1.68. The minimum Gasteiger partial charge on any atom is -0.197 e. The van der Waals surface area contributed by atoms with Gasteiger partial charge in [-0.1, -0.05) is 15.9 Å². The van der Waals surface area contributed by atoms with Crippen molar-refractivity contribution < 1.29 is 0 Å². The van der Waals surface area contributed by atoms with Gasteiger partial charge < -0.3 is 0 Å². The summed E-state index contributed by atoms with van der Waals surface area (Å²) in [6.07, 6.45) is 0. The van der Waals surface area contributed by atoms with Gasteiger partial charge in [-0.05, 0) is 0 Å². The zero-order valence-corrected chi connectivity index (χ0v) is 3.62. The highest BCUT2D eigenvalue weighted by Gasteiger charge is 1.52. The second-order valence-corrected chi connectivity index (χ2v) is 0.852. The predicted octanol–water partition coefficient (Wildman–Crippen LogP) is 0.905. The fraction of sp³-hybridized carbons (Fsp3) is 0.500. The van der Waals surface area contributed by atoms with Gasteiger partial charge in [-0.3, -0.25) is 0 Å². The van der Waals surface area contributed by atoms with Gasteiger partial charge in [0.15, 0.2) is 0 Å². The zero-order chi connectivity index (χ0) is 3.41. The molecular weight excluding hydrogens is 117 g/mol. The monoisotopic (exact) mass is 118 g/mol. The van der Waals surface area contributed by atoms with Crippen LogP contribution < -0.4 is 0 Å². The van der Waals surface area contributed by atoms with Crippen LogP contribution in [0, 0.1) is 11.3 Å². The first kappa shape index (κ1) is 3.97. The number of hydrogen-bond donors (Lipinski definition) is 0. The van der Waals surface area contributed by atoms with Gasteiger partial charge in [0.2, 0.25) is 0 Å². The third kappa shape index (κ3) is 1.97. The fourth-order valence-corrected chi connectivity index (χ4v) is 0. The average molecular weight is 119 g/mol. The van der Waals surface area contributed by atoms with Gasteiger partial charge in [0.25, 0.3) is 0 Å². The normalized spacial score (nSPS) is 5.00. The van der Waals surface area contributed by atoms with Crippen LogP contribution in [0.5, 0.6) is 0 Å². The Morgan fingerprint density at radius 1 is 2.00 bits per heavy atom. The number of nitriles is 1. The Morgan fingerprint density at radius 2 is 2.25 bits per heavy atom. The van der Waals surface area contributed by atoms with Gasteiger partial charge >= 0.3 is 0 Å². The topological polar surface area (TPSA) is 23.8 Å². The number of rotatable bonds is 0. The standard InChI is InChI=1S/C2H2BrN/c3-1-2-4/h1H2/i2-1. The number of halogens is 1. The molecule has 0 radical (unpaired) electrons. The first-order valence-corrected chi connectivity index (χ1v) is 1.97. The Bertz CT molecular complexity index is 35.8. The lowest BCUT2D eigenvalue weighted by Crippen LogP contribution is -1.45. The lowest BCUT2D eigenvalue weighted by atomic mass is 10.3. The average Bonchev–Trinajstić information content (AvgIpc) is 1.37. The minimum absolute atomic E-state index is 0.438. The molecule has 0 unspecified atom stereocenters. The molecule has 1 nitrogen and oxygen atoms in total. The third-order valence-corrected chi connectivity index (χ3v) is 0.311. The van der Waals surface area contributed by atoms with Crippen molar-refractivity contribution in [3.63, 3.8) is 0 Å². The highest BCUT2D eigenvalue weighted by molar-refractivity contribution is 9.09. The molecule has 0 spiro atoms. The molecule has 0 aromatic carbocycles. The van der Waals surface area contributed by atoms with Crippen LogP contribution >= 0.6 is 15.9 Å². The van der Waals surface area contributed by atoms with Crippen LogP contribution in [0.4, 0.5) is 0 Å². The number of hydrogen-bond acceptors (Lipinski definition) is 1. The van der Waals surface area contributed by atoms with Crippen molar-refractivity contribution in [2.24, 2.45) is 0 Å². The highest BCUT2D eigenvalue weighted by atomic mass is 79.9. The van der Waals surface area contributed by atoms with Crippen LogP contribution in [0.1, 0.15) is 0 Å². The molecule has 0 rings (SSSR count). The molecule has 0 aromatic heterocycles. The number of nitrogens with zero attached hydrogens (tertiary/aromatic N) is 1. The summed E-state index contributed by atoms with van der Waals surface area (Å²) in [5.74, 6) is 0. The Kier molecular flexibility index (Phi) is 2.95. The summed E-state index contributed by atoms with van der Waals surface area (Å²) in [6, 6.07) is 1.85. The molecule has 0 aliphatic carbocycles. The molecule has 0 bridgehead atoms. The minimum atomic E-state index is 0.438. The van der Waals surface area contributed by atoms with Crippen molar-refractivity contribution in [2.45, 2.75) is 0 Å². The molecule has 0 aliphatic rings. The summed E-state index contributed by atoms with van der Waals surface area (Å²) in [5.41, 5.74) is 0. The van der Waals surface area contributed by atoms with Crippen molar-refractivity contribution in [1.82, 2.24) is 0 Å². The van der Waals surface area contributed by atoms with E-state index >= 15 is 0 Å². The van der Waals surface area contributed by atoms with E-state index in [1.165, 1.54) is 0 Å². The Balaban J connectivity index is 2.43. The second-order valence-electron chi connectivity index (χ2n) is 0.292. The predicted molar refractivity (Wildman–Crippen MR) is 19.4 cm³/mol. The van der Waals surface area contributed by atoms with E-state index in [9.17, 15) is 0 Å². The molecule has 4 heavy (non-hydrogen) atoms. The van der Waals surface area contributed by atoms with Gasteiger partial charge in [0.1, 0.15) is 0 Å². The van der Waals surface area contributed by atoms with Gasteiger partial charge in [-0.2, -0.15) is 5.26 Å². The maximum Gasteiger partial charge on any atom is 0.0905 e. The van der Waals surface area contributed by atoms with Crippen molar-refractivity contribution in [1.29, 1.82) is 5.26 Å². The molecule has 0 saturated carbocycles. The summed E-state index contributed by atoms with van der Waals surface area (Å²) in [5, 5.41) is 8.02. The molecule has 0 heterocycles. The Labute approximate surface area is 33.4 Å². The number of alkyl halides is 1. The fourth-order valence-electron chi connectivity index (χ4n) is 0. The smallest absolute Gasteiger partial charge is 0.0905 e. The van der Waals surface area contributed by atoms with E-state index < -0.39 is 0 Å². The second kappa shape index (κ2) is 2.97. The van der Waals surface area contributed by atoms with Crippen LogP contribution in [-0.2, 0) is 0 Å². The zero-order valence-electron chi connectivity index (χ0n) is 2.03. The van der Waals surface area contributed by atoms with Crippen LogP contribution in [0.3, 0.4) is 0 Å². The van der Waals surface area contributed by atoms with Crippen LogP contribution in [0.2, 0.25) is 0 Å². The summed E-state index contributed by atoms with van der Waals surface area (Å²) in [4.78, 5) is 0. The van der Waals surface area contributed by atoms with E-state index in [2.05, 4.69) is 15.9 Å². The van der Waals surface area contributed by atoms with Crippen molar-refractivity contribution in [3.8, 4) is 6.07 Å². The molecule has 0 atom stereocenters. The van der Waals surface area contributed by atoms with Crippen LogP contribution in [0.25, 0.3) is 0 Å². The van der Waals surface area contributed by atoms with Crippen molar-refractivity contribution >= 4 is 15.9 Å². The SMILES string of the molecule is N#[11C]CBr. The van der Waals surface area contributed by atoms with Gasteiger partial charge in [0, 0.05) is 0 Å². The summed E-state index contributed by atoms with van der Waals surface area (Å²) >= 11 is 2.89. The molecule has 0 fully saturated rings. The Hall–Kier alpha value is -0.0300. The molecule has 0 saturated heterocycles. The molecular formula is C2H2BrN. The largest absolute Gasteiger partial charge is 0.197 e. The molecule has 0 aliphatic heterocycles. The van der Waals surface area contributed by atoms with Gasteiger partial charge in [0.05, 0.1) is 11.4 Å². The van der Waals surface area contributed by atoms with E-state index in [0.717, 1.165) is 0 Å². The third-order valence-electron chi connectivity index (χ3n) is 0.0598. The lowest BCUT2D eigenvalue weighted by molar-refractivity contribution is 1.50. The summed E-state index contributed by atoms with van der Waals surface area (Å²) in [7, 11) is 0. The van der Waals surface area contributed by atoms with Crippen LogP contribution in [-0.4, -0.2) is 5.33 Å². The maximum atomic E-state index is 7.58. The molecule has 0 amide bonds. The van der Waals surface area contributed by atoms with Gasteiger partial charge in [-0.15, -0.1) is 0 Å². The van der Waals surface area contributed by atoms with Gasteiger partial charge in [-0.25, -0.2) is 0 Å². The maximum absolute atomic E-state index is 7.58. The quantitative estimate of drug-likeness (QED) is 0.434. The van der Waals surface area contributed by atoms with E-state index in [4.69, 9.17) is 5.26 Å². The van der Waals surface area contributed by atoms with Crippen LogP contribution in [0.15, 0.2) is 0 Å². The van der Waals surface area contributed by atoms with E-state index in [1.807, 2.05) is 6.07 Å². The van der Waals surface area contributed by atoms with E-state index in [1.54, 1.807) is 0 Å². The Morgan fingerprint density at radius 3 is 2.25 bits per heavy atom. The van der Waals surface area contributed by atoms with E-state index in [0.29, 0.717) is 5.33 Å². The van der Waals surface area contributed by atoms with Crippen molar-refractivity contribution in [2.75, 3.05) is 5.33 Å². The summed E-state index contributed by atoms with van der Waals surface area (Å²) < 4.78 is 0. The molecule has 0 N–H and O–H groups in total. The molecule has 22 valence electrons. The lowest BCUT2D eigenvalue weighted by Gasteiger charge is -1.44. The molecule has 0 aromatic rings. The first-order valence-electron chi connectivity index (χ1n) is 0.844. The van der Waals surface area contributed by atoms with E-state index in [-0.39, 0.29) is 0 Å². The first-order chi connectivity index (χ1) is 1.91. The summed E-state index contributed by atoms with van der Waals surface area (Å²) in [6.45, 7) is 0. The van der Waals surface area contributed by atoms with Crippen molar-refractivity contribution in [3.05, 3.63) is 0 Å².